The summed E-state index contributed by atoms with van der Waals surface area (Å²) in [6.45, 7) is 0. The lowest BCUT2D eigenvalue weighted by Gasteiger charge is -2.12. The van der Waals surface area contributed by atoms with E-state index in [1.54, 1.807) is 6.07 Å². The van der Waals surface area contributed by atoms with Gasteiger partial charge in [-0.25, -0.2) is 17.4 Å². The fraction of sp³-hybridized carbons (Fsp3) is 0.0800. The number of para-hydroxylation sites is 1. The van der Waals surface area contributed by atoms with Gasteiger partial charge in [-0.2, -0.15) is 5.10 Å². The maximum Gasteiger partial charge on any atom is 0.288 e. The first-order valence-corrected chi connectivity index (χ1v) is 12.1. The second-order valence-corrected chi connectivity index (χ2v) is 9.90. The van der Waals surface area contributed by atoms with E-state index in [2.05, 4.69) is 16.0 Å². The minimum atomic E-state index is -3.61. The largest absolute Gasteiger partial charge is 0.288 e. The summed E-state index contributed by atoms with van der Waals surface area (Å²) in [7, 11) is -0.760. The van der Waals surface area contributed by atoms with Gasteiger partial charge in [0.05, 0.1) is 16.3 Å². The predicted molar refractivity (Wildman–Crippen MR) is 131 cm³/mol. The quantitative estimate of drug-likeness (QED) is 0.405. The van der Waals surface area contributed by atoms with Gasteiger partial charge in [0, 0.05) is 25.2 Å². The van der Waals surface area contributed by atoms with Crippen molar-refractivity contribution in [2.24, 2.45) is 0 Å². The van der Waals surface area contributed by atoms with Crippen molar-refractivity contribution in [3.05, 3.63) is 102 Å². The molecule has 1 heterocycles. The third-order valence-corrected chi connectivity index (χ3v) is 7.03. The van der Waals surface area contributed by atoms with E-state index in [0.717, 1.165) is 9.87 Å². The fourth-order valence-corrected chi connectivity index (χ4v) is 4.20. The molecule has 9 nitrogen and oxygen atoms in total. The molecule has 4 aromatic rings. The van der Waals surface area contributed by atoms with Gasteiger partial charge < -0.3 is 0 Å². The van der Waals surface area contributed by atoms with E-state index < -0.39 is 21.8 Å². The van der Waals surface area contributed by atoms with Crippen LogP contribution < -0.4 is 10.9 Å². The molecule has 0 spiro atoms. The SMILES string of the molecule is CN(C)S(=O)(=O)c1ccc(C(=O)NNC(=O)c2cc(-c3ccccc3)nn2-c2ccccc2)cc1. The van der Waals surface area contributed by atoms with Crippen LogP contribution in [0.1, 0.15) is 20.8 Å². The molecule has 0 atom stereocenters. The van der Waals surface area contributed by atoms with E-state index >= 15 is 0 Å². The van der Waals surface area contributed by atoms with Crippen molar-refractivity contribution in [3.8, 4) is 16.9 Å². The molecule has 0 unspecified atom stereocenters. The lowest BCUT2D eigenvalue weighted by molar-refractivity contribution is 0.0842. The van der Waals surface area contributed by atoms with Crippen molar-refractivity contribution in [2.45, 2.75) is 4.90 Å². The van der Waals surface area contributed by atoms with Crippen LogP contribution in [0.2, 0.25) is 0 Å². The van der Waals surface area contributed by atoms with Gasteiger partial charge in [0.15, 0.2) is 0 Å². The first kappa shape index (κ1) is 23.9. The van der Waals surface area contributed by atoms with Gasteiger partial charge in [0.25, 0.3) is 11.8 Å². The molecule has 4 rings (SSSR count). The van der Waals surface area contributed by atoms with Crippen LogP contribution >= 0.6 is 0 Å². The molecule has 3 aromatic carbocycles. The van der Waals surface area contributed by atoms with Crippen LogP contribution in [0.4, 0.5) is 0 Å². The number of nitrogens with one attached hydrogen (secondary N) is 2. The van der Waals surface area contributed by atoms with Crippen molar-refractivity contribution in [2.75, 3.05) is 14.1 Å². The molecular weight excluding hydrogens is 466 g/mol. The Bertz CT molecular complexity index is 1450. The number of carbonyl (C=O) groups is 2. The molecule has 178 valence electrons. The first-order chi connectivity index (χ1) is 16.8. The molecule has 2 N–H and O–H groups in total. The molecular formula is C25H23N5O4S. The van der Waals surface area contributed by atoms with E-state index in [9.17, 15) is 18.0 Å². The smallest absolute Gasteiger partial charge is 0.267 e. The van der Waals surface area contributed by atoms with E-state index in [1.165, 1.54) is 43.0 Å². The van der Waals surface area contributed by atoms with E-state index in [1.807, 2.05) is 60.7 Å². The highest BCUT2D eigenvalue weighted by Crippen LogP contribution is 2.21. The Labute approximate surface area is 203 Å². The van der Waals surface area contributed by atoms with Crippen molar-refractivity contribution in [3.63, 3.8) is 0 Å². The summed E-state index contributed by atoms with van der Waals surface area (Å²) in [6.07, 6.45) is 0. The Kier molecular flexibility index (Phi) is 6.76. The topological polar surface area (TPSA) is 113 Å². The second kappa shape index (κ2) is 9.92. The Balaban J connectivity index is 1.54. The molecule has 0 aliphatic heterocycles. The Morgan fingerprint density at radius 3 is 1.97 bits per heavy atom. The van der Waals surface area contributed by atoms with Crippen molar-refractivity contribution in [1.82, 2.24) is 24.9 Å². The average molecular weight is 490 g/mol. The van der Waals surface area contributed by atoms with Crippen LogP contribution in [-0.2, 0) is 10.0 Å². The molecule has 0 aliphatic carbocycles. The highest BCUT2D eigenvalue weighted by molar-refractivity contribution is 7.89. The highest BCUT2D eigenvalue weighted by Gasteiger charge is 2.20. The average Bonchev–Trinajstić information content (AvgIpc) is 3.34. The number of amides is 2. The summed E-state index contributed by atoms with van der Waals surface area (Å²) in [5, 5.41) is 4.59. The normalized spacial score (nSPS) is 11.3. The summed E-state index contributed by atoms with van der Waals surface area (Å²) < 4.78 is 27.0. The summed E-state index contributed by atoms with van der Waals surface area (Å²) in [6, 6.07) is 25.7. The second-order valence-electron chi connectivity index (χ2n) is 7.75. The van der Waals surface area contributed by atoms with Crippen LogP contribution in [0.3, 0.4) is 0 Å². The number of hydrogen-bond donors (Lipinski definition) is 2. The highest BCUT2D eigenvalue weighted by atomic mass is 32.2. The monoisotopic (exact) mass is 489 g/mol. The van der Waals surface area contributed by atoms with Gasteiger partial charge >= 0.3 is 0 Å². The Morgan fingerprint density at radius 1 is 0.800 bits per heavy atom. The minimum Gasteiger partial charge on any atom is -0.267 e. The number of benzene rings is 3. The molecule has 0 saturated carbocycles. The molecule has 0 fully saturated rings. The zero-order valence-corrected chi connectivity index (χ0v) is 19.9. The van der Waals surface area contributed by atoms with Crippen molar-refractivity contribution < 1.29 is 18.0 Å². The van der Waals surface area contributed by atoms with Gasteiger partial charge in [0.2, 0.25) is 10.0 Å². The van der Waals surface area contributed by atoms with E-state index in [-0.39, 0.29) is 16.2 Å². The standard InChI is InChI=1S/C25H23N5O4S/c1-29(2)35(33,34)21-15-13-19(14-16-21)24(31)26-27-25(32)23-17-22(18-9-5-3-6-10-18)28-30(23)20-11-7-4-8-12-20/h3-17H,1-2H3,(H,26,31)(H,27,32). The zero-order valence-electron chi connectivity index (χ0n) is 19.0. The first-order valence-electron chi connectivity index (χ1n) is 10.6. The zero-order chi connectivity index (χ0) is 25.0. The summed E-state index contributed by atoms with van der Waals surface area (Å²) in [5.74, 6) is -1.16. The molecule has 0 aliphatic rings. The van der Waals surface area contributed by atoms with E-state index in [4.69, 9.17) is 0 Å². The Hall–Kier alpha value is -4.28. The maximum absolute atomic E-state index is 13.0. The van der Waals surface area contributed by atoms with E-state index in [0.29, 0.717) is 11.4 Å². The number of aromatic nitrogens is 2. The summed E-state index contributed by atoms with van der Waals surface area (Å²) in [4.78, 5) is 25.6. The van der Waals surface area contributed by atoms with Gasteiger partial charge in [-0.15, -0.1) is 0 Å². The van der Waals surface area contributed by atoms with Gasteiger partial charge in [0.1, 0.15) is 5.69 Å². The third-order valence-electron chi connectivity index (χ3n) is 5.20. The van der Waals surface area contributed by atoms with Crippen LogP contribution in [0, 0.1) is 0 Å². The lowest BCUT2D eigenvalue weighted by Crippen LogP contribution is -2.42. The van der Waals surface area contributed by atoms with Crippen molar-refractivity contribution in [1.29, 1.82) is 0 Å². The maximum atomic E-state index is 13.0. The van der Waals surface area contributed by atoms with Crippen LogP contribution in [-0.4, -0.2) is 48.4 Å². The van der Waals surface area contributed by atoms with Crippen LogP contribution in [0.25, 0.3) is 16.9 Å². The van der Waals surface area contributed by atoms with Gasteiger partial charge in [-0.3, -0.25) is 20.4 Å². The lowest BCUT2D eigenvalue weighted by atomic mass is 10.1. The number of hydrazine groups is 1. The molecule has 0 radical (unpaired) electrons. The number of carbonyl (C=O) groups excluding carboxylic acids is 2. The molecule has 0 bridgehead atoms. The van der Waals surface area contributed by atoms with Gasteiger partial charge in [-0.05, 0) is 42.5 Å². The third kappa shape index (κ3) is 5.13. The molecule has 10 heteroatoms. The van der Waals surface area contributed by atoms with Gasteiger partial charge in [-0.1, -0.05) is 48.5 Å². The van der Waals surface area contributed by atoms with Crippen LogP contribution in [0.15, 0.2) is 95.9 Å². The predicted octanol–water partition coefficient (Wildman–Crippen LogP) is 2.86. The minimum absolute atomic E-state index is 0.0586. The number of hydrogen-bond acceptors (Lipinski definition) is 5. The number of nitrogens with zero attached hydrogens (tertiary/aromatic N) is 3. The Morgan fingerprint density at radius 2 is 1.37 bits per heavy atom. The molecule has 1 aromatic heterocycles. The van der Waals surface area contributed by atoms with Crippen LogP contribution in [0.5, 0.6) is 0 Å². The molecule has 35 heavy (non-hydrogen) atoms. The number of sulfonamides is 1. The van der Waals surface area contributed by atoms with Crippen molar-refractivity contribution >= 4 is 21.8 Å². The fourth-order valence-electron chi connectivity index (χ4n) is 3.30. The summed E-state index contributed by atoms with van der Waals surface area (Å²) in [5.41, 5.74) is 7.31. The molecule has 0 saturated heterocycles. The molecule has 2 amide bonds. The summed E-state index contributed by atoms with van der Waals surface area (Å²) >= 11 is 0. The number of rotatable bonds is 6.